The van der Waals surface area contributed by atoms with Crippen molar-refractivity contribution >= 4 is 11.9 Å². The second-order valence-electron chi connectivity index (χ2n) is 7.48. The standard InChI is InChI=1S/C22H25N3O2/c23-22-24-20(16-7-9-17(10-8-16)21(26)27)14-19-13-12-18(25(19)22)11-6-15-4-2-1-3-5-15/h1-5,7-10,18-20H,6,11-14H2,(H2,23,24)(H,26,27)/t18-,19+,20+/m0/s1. The first-order chi connectivity index (χ1) is 13.1. The maximum Gasteiger partial charge on any atom is 0.335 e. The Morgan fingerprint density at radius 1 is 1.11 bits per heavy atom. The van der Waals surface area contributed by atoms with Gasteiger partial charge < -0.3 is 15.7 Å². The predicted octanol–water partition coefficient (Wildman–Crippen LogP) is 3.61. The first-order valence-electron chi connectivity index (χ1n) is 9.60. The Hall–Kier alpha value is -2.82. The molecule has 5 heteroatoms. The number of rotatable bonds is 5. The Morgan fingerprint density at radius 2 is 1.85 bits per heavy atom. The van der Waals surface area contributed by atoms with Gasteiger partial charge in [0.15, 0.2) is 5.96 Å². The number of aliphatic imine (C=N–C) groups is 1. The summed E-state index contributed by atoms with van der Waals surface area (Å²) in [6, 6.07) is 18.5. The summed E-state index contributed by atoms with van der Waals surface area (Å²) in [5.74, 6) is -0.273. The molecule has 4 rings (SSSR count). The molecular weight excluding hydrogens is 338 g/mol. The van der Waals surface area contributed by atoms with E-state index in [0.29, 0.717) is 23.6 Å². The molecular formula is C22H25N3O2. The molecule has 0 radical (unpaired) electrons. The van der Waals surface area contributed by atoms with Crippen LogP contribution in [0.5, 0.6) is 0 Å². The molecule has 5 nitrogen and oxygen atoms in total. The van der Waals surface area contributed by atoms with Crippen molar-refractivity contribution in [1.82, 2.24) is 4.90 Å². The van der Waals surface area contributed by atoms with Crippen molar-refractivity contribution in [2.45, 2.75) is 50.2 Å². The Morgan fingerprint density at radius 3 is 2.56 bits per heavy atom. The summed E-state index contributed by atoms with van der Waals surface area (Å²) in [5, 5.41) is 9.06. The lowest BCUT2D eigenvalue weighted by molar-refractivity contribution is 0.0697. The van der Waals surface area contributed by atoms with Crippen molar-refractivity contribution in [3.8, 4) is 0 Å². The fourth-order valence-electron chi connectivity index (χ4n) is 4.42. The van der Waals surface area contributed by atoms with Crippen LogP contribution in [-0.2, 0) is 6.42 Å². The first kappa shape index (κ1) is 17.6. The van der Waals surface area contributed by atoms with Crippen LogP contribution in [0.4, 0.5) is 0 Å². The maximum absolute atomic E-state index is 11.0. The van der Waals surface area contributed by atoms with Crippen molar-refractivity contribution in [3.63, 3.8) is 0 Å². The van der Waals surface area contributed by atoms with Gasteiger partial charge in [-0.25, -0.2) is 9.79 Å². The topological polar surface area (TPSA) is 78.9 Å². The highest BCUT2D eigenvalue weighted by atomic mass is 16.4. The van der Waals surface area contributed by atoms with Crippen LogP contribution in [-0.4, -0.2) is 34.0 Å². The van der Waals surface area contributed by atoms with E-state index in [-0.39, 0.29) is 6.04 Å². The Kier molecular flexibility index (Phi) is 4.84. The van der Waals surface area contributed by atoms with Gasteiger partial charge in [-0.05, 0) is 55.4 Å². The van der Waals surface area contributed by atoms with Crippen LogP contribution in [0.2, 0.25) is 0 Å². The smallest absolute Gasteiger partial charge is 0.335 e. The van der Waals surface area contributed by atoms with Gasteiger partial charge in [-0.3, -0.25) is 0 Å². The second kappa shape index (κ2) is 7.43. The molecule has 0 spiro atoms. The van der Waals surface area contributed by atoms with E-state index in [9.17, 15) is 4.79 Å². The summed E-state index contributed by atoms with van der Waals surface area (Å²) >= 11 is 0. The van der Waals surface area contributed by atoms with E-state index in [1.807, 2.05) is 18.2 Å². The Balaban J connectivity index is 1.45. The fourth-order valence-corrected chi connectivity index (χ4v) is 4.42. The van der Waals surface area contributed by atoms with Gasteiger partial charge in [-0.15, -0.1) is 0 Å². The third-order valence-corrected chi connectivity index (χ3v) is 5.82. The van der Waals surface area contributed by atoms with Crippen LogP contribution in [0.1, 0.15) is 53.2 Å². The molecule has 0 amide bonds. The van der Waals surface area contributed by atoms with E-state index in [4.69, 9.17) is 15.8 Å². The van der Waals surface area contributed by atoms with Crippen molar-refractivity contribution in [3.05, 3.63) is 71.3 Å². The number of aryl methyl sites for hydroxylation is 1. The van der Waals surface area contributed by atoms with E-state index in [1.54, 1.807) is 12.1 Å². The maximum atomic E-state index is 11.0. The molecule has 0 aromatic heterocycles. The van der Waals surface area contributed by atoms with E-state index >= 15 is 0 Å². The fraction of sp³-hybridized carbons (Fsp3) is 0.364. The average molecular weight is 363 g/mol. The molecule has 140 valence electrons. The molecule has 2 aliphatic heterocycles. The minimum atomic E-state index is -0.906. The molecule has 1 saturated heterocycles. The highest BCUT2D eigenvalue weighted by molar-refractivity contribution is 5.87. The van der Waals surface area contributed by atoms with Crippen LogP contribution < -0.4 is 5.73 Å². The van der Waals surface area contributed by atoms with Crippen molar-refractivity contribution in [1.29, 1.82) is 0 Å². The molecule has 2 aliphatic rings. The van der Waals surface area contributed by atoms with E-state index in [0.717, 1.165) is 37.7 Å². The summed E-state index contributed by atoms with van der Waals surface area (Å²) in [6.45, 7) is 0. The van der Waals surface area contributed by atoms with Crippen molar-refractivity contribution in [2.75, 3.05) is 0 Å². The highest BCUT2D eigenvalue weighted by Crippen LogP contribution is 2.37. The average Bonchev–Trinajstić information content (AvgIpc) is 3.11. The molecule has 3 atom stereocenters. The zero-order valence-corrected chi connectivity index (χ0v) is 15.3. The lowest BCUT2D eigenvalue weighted by Gasteiger charge is -2.37. The number of carbonyl (C=O) groups is 1. The molecule has 3 N–H and O–H groups in total. The molecule has 1 fully saturated rings. The first-order valence-corrected chi connectivity index (χ1v) is 9.60. The molecule has 2 aromatic carbocycles. The number of carboxylic acid groups (broad SMARTS) is 1. The van der Waals surface area contributed by atoms with Gasteiger partial charge in [0, 0.05) is 12.1 Å². The van der Waals surface area contributed by atoms with Gasteiger partial charge in [0.05, 0.1) is 11.6 Å². The third-order valence-electron chi connectivity index (χ3n) is 5.82. The normalized spacial score (nSPS) is 24.4. The monoisotopic (exact) mass is 363 g/mol. The lowest BCUT2D eigenvalue weighted by Crippen LogP contribution is -2.48. The number of aromatic carboxylic acids is 1. The molecule has 0 bridgehead atoms. The zero-order chi connectivity index (χ0) is 18.8. The van der Waals surface area contributed by atoms with Crippen molar-refractivity contribution in [2.24, 2.45) is 10.7 Å². The van der Waals surface area contributed by atoms with Gasteiger partial charge in [0.1, 0.15) is 0 Å². The van der Waals surface area contributed by atoms with Crippen LogP contribution in [0.3, 0.4) is 0 Å². The molecule has 2 heterocycles. The summed E-state index contributed by atoms with van der Waals surface area (Å²) in [7, 11) is 0. The Labute approximate surface area is 159 Å². The largest absolute Gasteiger partial charge is 0.478 e. The summed E-state index contributed by atoms with van der Waals surface area (Å²) in [6.07, 6.45) is 5.38. The van der Waals surface area contributed by atoms with Gasteiger partial charge in [-0.2, -0.15) is 0 Å². The number of carboxylic acids is 1. The predicted molar refractivity (Wildman–Crippen MR) is 106 cm³/mol. The van der Waals surface area contributed by atoms with E-state index < -0.39 is 5.97 Å². The van der Waals surface area contributed by atoms with Gasteiger partial charge in [0.25, 0.3) is 0 Å². The minimum Gasteiger partial charge on any atom is -0.478 e. The molecule has 0 saturated carbocycles. The number of fused-ring (bicyclic) bond motifs is 1. The number of nitrogens with zero attached hydrogens (tertiary/aromatic N) is 2. The number of hydrogen-bond donors (Lipinski definition) is 2. The molecule has 27 heavy (non-hydrogen) atoms. The molecule has 0 aliphatic carbocycles. The molecule has 0 unspecified atom stereocenters. The Bertz CT molecular complexity index is 832. The van der Waals surface area contributed by atoms with E-state index in [1.165, 1.54) is 5.56 Å². The molecule has 2 aromatic rings. The second-order valence-corrected chi connectivity index (χ2v) is 7.48. The third kappa shape index (κ3) is 3.68. The number of nitrogens with two attached hydrogens (primary N) is 1. The summed E-state index contributed by atoms with van der Waals surface area (Å²) < 4.78 is 0. The SMILES string of the molecule is NC1=N[C@@H](c2ccc(C(=O)O)cc2)C[C@H]2CC[C@H](CCc3ccccc3)N12. The quantitative estimate of drug-likeness (QED) is 0.850. The van der Waals surface area contributed by atoms with Crippen molar-refractivity contribution < 1.29 is 9.90 Å². The van der Waals surface area contributed by atoms with Gasteiger partial charge in [0.2, 0.25) is 0 Å². The summed E-state index contributed by atoms with van der Waals surface area (Å²) in [5.41, 5.74) is 9.07. The van der Waals surface area contributed by atoms with Gasteiger partial charge >= 0.3 is 5.97 Å². The van der Waals surface area contributed by atoms with E-state index in [2.05, 4.69) is 29.2 Å². The van der Waals surface area contributed by atoms with Crippen LogP contribution in [0, 0.1) is 0 Å². The number of benzene rings is 2. The highest BCUT2D eigenvalue weighted by Gasteiger charge is 2.39. The number of hydrogen-bond acceptors (Lipinski definition) is 4. The van der Waals surface area contributed by atoms with Crippen LogP contribution in [0.25, 0.3) is 0 Å². The van der Waals surface area contributed by atoms with Crippen LogP contribution in [0.15, 0.2) is 59.6 Å². The van der Waals surface area contributed by atoms with Gasteiger partial charge in [-0.1, -0.05) is 42.5 Å². The zero-order valence-electron chi connectivity index (χ0n) is 15.3. The van der Waals surface area contributed by atoms with Crippen LogP contribution >= 0.6 is 0 Å². The minimum absolute atomic E-state index is 0.0157. The summed E-state index contributed by atoms with van der Waals surface area (Å²) in [4.78, 5) is 18.1. The lowest BCUT2D eigenvalue weighted by atomic mass is 9.96. The number of guanidine groups is 1.